The van der Waals surface area contributed by atoms with Gasteiger partial charge in [-0.25, -0.2) is 4.79 Å². The van der Waals surface area contributed by atoms with Crippen molar-refractivity contribution in [1.29, 1.82) is 0 Å². The summed E-state index contributed by atoms with van der Waals surface area (Å²) in [7, 11) is 1.64. The third kappa shape index (κ3) is 7.62. The lowest BCUT2D eigenvalue weighted by Crippen LogP contribution is -2.50. The van der Waals surface area contributed by atoms with E-state index in [0.717, 1.165) is 54.2 Å². The van der Waals surface area contributed by atoms with E-state index in [-0.39, 0.29) is 12.1 Å². The number of carbonyl (C=O) groups is 1. The number of methoxy groups -OCH3 is 1. The Balaban J connectivity index is 1.23. The van der Waals surface area contributed by atoms with Crippen LogP contribution in [0.4, 0.5) is 10.5 Å². The molecule has 1 aliphatic heterocycles. The lowest BCUT2D eigenvalue weighted by Gasteiger charge is -2.34. The molecule has 1 fully saturated rings. The summed E-state index contributed by atoms with van der Waals surface area (Å²) in [5.74, 6) is 0.778. The second-order valence-corrected chi connectivity index (χ2v) is 10.0. The number of nitrogens with one attached hydrogen (secondary N) is 1. The normalized spacial score (nSPS) is 14.1. The zero-order chi connectivity index (χ0) is 26.2. The summed E-state index contributed by atoms with van der Waals surface area (Å²) in [5, 5.41) is 4.42. The molecule has 1 heterocycles. The third-order valence-corrected chi connectivity index (χ3v) is 7.09. The van der Waals surface area contributed by atoms with E-state index < -0.39 is 0 Å². The van der Waals surface area contributed by atoms with Gasteiger partial charge in [0.05, 0.1) is 7.11 Å². The van der Waals surface area contributed by atoms with Gasteiger partial charge in [-0.3, -0.25) is 4.90 Å². The Kier molecular flexibility index (Phi) is 9.69. The number of hydrogen-bond donors (Lipinski definition) is 1. The number of ether oxygens (including phenoxy) is 2. The molecule has 1 saturated heterocycles. The number of anilines is 1. The van der Waals surface area contributed by atoms with Crippen LogP contribution in [0, 0.1) is 6.92 Å². The third-order valence-electron chi connectivity index (χ3n) is 6.58. The van der Waals surface area contributed by atoms with E-state index in [0.29, 0.717) is 29.7 Å². The highest BCUT2D eigenvalue weighted by Gasteiger charge is 2.22. The van der Waals surface area contributed by atoms with E-state index in [1.54, 1.807) is 7.11 Å². The van der Waals surface area contributed by atoms with Crippen LogP contribution < -0.4 is 10.1 Å². The quantitative estimate of drug-likeness (QED) is 0.308. The van der Waals surface area contributed by atoms with E-state index in [1.807, 2.05) is 78.6 Å². The second kappa shape index (κ2) is 13.2. The molecule has 37 heavy (non-hydrogen) atoms. The SMILES string of the molecule is COc1ccc(NC(=O)N2CCN(CCCOC(c3ccc(Cl)cc3)c3ccc(Cl)cc3)CC2)c(C)c1. The van der Waals surface area contributed by atoms with Crippen LogP contribution in [0.1, 0.15) is 29.2 Å². The number of benzene rings is 3. The number of halogens is 2. The van der Waals surface area contributed by atoms with Crippen LogP contribution >= 0.6 is 23.2 Å². The molecule has 1 aliphatic rings. The molecule has 0 spiro atoms. The number of hydrogen-bond acceptors (Lipinski definition) is 4. The highest BCUT2D eigenvalue weighted by atomic mass is 35.5. The molecular weight excluding hydrogens is 509 g/mol. The van der Waals surface area contributed by atoms with Crippen LogP contribution in [-0.4, -0.2) is 62.3 Å². The average molecular weight is 543 g/mol. The number of piperazine rings is 1. The molecule has 0 bridgehead atoms. The largest absolute Gasteiger partial charge is 0.497 e. The summed E-state index contributed by atoms with van der Waals surface area (Å²) < 4.78 is 11.6. The lowest BCUT2D eigenvalue weighted by atomic mass is 10.0. The maximum Gasteiger partial charge on any atom is 0.321 e. The first-order valence-corrected chi connectivity index (χ1v) is 13.2. The van der Waals surface area contributed by atoms with Gasteiger partial charge in [0.25, 0.3) is 0 Å². The first-order chi connectivity index (χ1) is 17.9. The molecular formula is C29H33Cl2N3O3. The number of carbonyl (C=O) groups excluding carboxylic acids is 1. The Bertz CT molecular complexity index is 1120. The van der Waals surface area contributed by atoms with Gasteiger partial charge in [0, 0.05) is 55.1 Å². The van der Waals surface area contributed by atoms with Crippen molar-refractivity contribution in [3.05, 3.63) is 93.5 Å². The lowest BCUT2D eigenvalue weighted by molar-refractivity contribution is 0.0670. The van der Waals surface area contributed by atoms with Gasteiger partial charge in [-0.15, -0.1) is 0 Å². The van der Waals surface area contributed by atoms with Crippen molar-refractivity contribution >= 4 is 34.9 Å². The van der Waals surface area contributed by atoms with Gasteiger partial charge in [-0.1, -0.05) is 47.5 Å². The molecule has 0 unspecified atom stereocenters. The van der Waals surface area contributed by atoms with Crippen LogP contribution in [-0.2, 0) is 4.74 Å². The average Bonchev–Trinajstić information content (AvgIpc) is 2.91. The van der Waals surface area contributed by atoms with Crippen molar-refractivity contribution in [2.24, 2.45) is 0 Å². The minimum atomic E-state index is -0.184. The monoisotopic (exact) mass is 541 g/mol. The molecule has 1 N–H and O–H groups in total. The Labute approximate surface area is 229 Å². The first-order valence-electron chi connectivity index (χ1n) is 12.5. The number of aryl methyl sites for hydroxylation is 1. The van der Waals surface area contributed by atoms with Gasteiger partial charge < -0.3 is 19.7 Å². The Morgan fingerprint density at radius 3 is 2.05 bits per heavy atom. The topological polar surface area (TPSA) is 54.0 Å². The van der Waals surface area contributed by atoms with Crippen molar-refractivity contribution in [1.82, 2.24) is 9.80 Å². The predicted molar refractivity (Wildman–Crippen MR) is 150 cm³/mol. The minimum Gasteiger partial charge on any atom is -0.497 e. The van der Waals surface area contributed by atoms with Crippen LogP contribution in [0.3, 0.4) is 0 Å². The van der Waals surface area contributed by atoms with E-state index in [9.17, 15) is 4.79 Å². The minimum absolute atomic E-state index is 0.0648. The van der Waals surface area contributed by atoms with Gasteiger partial charge in [0.15, 0.2) is 0 Å². The summed E-state index contributed by atoms with van der Waals surface area (Å²) in [6, 6.07) is 21.1. The van der Waals surface area contributed by atoms with Gasteiger partial charge in [-0.2, -0.15) is 0 Å². The molecule has 0 atom stereocenters. The second-order valence-electron chi connectivity index (χ2n) is 9.15. The highest BCUT2D eigenvalue weighted by molar-refractivity contribution is 6.30. The number of amides is 2. The Hall–Kier alpha value is -2.77. The first kappa shape index (κ1) is 27.3. The number of urea groups is 1. The highest BCUT2D eigenvalue weighted by Crippen LogP contribution is 2.28. The molecule has 0 saturated carbocycles. The molecule has 196 valence electrons. The Morgan fingerprint density at radius 2 is 1.51 bits per heavy atom. The van der Waals surface area contributed by atoms with Crippen molar-refractivity contribution < 1.29 is 14.3 Å². The van der Waals surface area contributed by atoms with Crippen LogP contribution in [0.2, 0.25) is 10.0 Å². The molecule has 3 aromatic carbocycles. The van der Waals surface area contributed by atoms with E-state index >= 15 is 0 Å². The maximum atomic E-state index is 12.8. The van der Waals surface area contributed by atoms with Crippen molar-refractivity contribution in [3.8, 4) is 5.75 Å². The molecule has 3 aromatic rings. The molecule has 6 nitrogen and oxygen atoms in total. The van der Waals surface area contributed by atoms with Gasteiger partial charge in [0.2, 0.25) is 0 Å². The molecule has 2 amide bonds. The molecule has 0 radical (unpaired) electrons. The van der Waals surface area contributed by atoms with E-state index in [2.05, 4.69) is 10.2 Å². The maximum absolute atomic E-state index is 12.8. The molecule has 8 heteroatoms. The standard InChI is InChI=1S/C29H33Cl2N3O3/c1-21-20-26(36-2)12-13-27(21)32-29(35)34-17-15-33(16-18-34)14-3-19-37-28(22-4-8-24(30)9-5-22)23-6-10-25(31)11-7-23/h4-13,20,28H,3,14-19H2,1-2H3,(H,32,35). The summed E-state index contributed by atoms with van der Waals surface area (Å²) in [6.45, 7) is 6.57. The molecule has 4 rings (SSSR count). The summed E-state index contributed by atoms with van der Waals surface area (Å²) in [4.78, 5) is 17.0. The van der Waals surface area contributed by atoms with Crippen LogP contribution in [0.5, 0.6) is 5.75 Å². The fourth-order valence-electron chi connectivity index (χ4n) is 4.42. The van der Waals surface area contributed by atoms with Crippen molar-refractivity contribution in [3.63, 3.8) is 0 Å². The fourth-order valence-corrected chi connectivity index (χ4v) is 4.67. The smallest absolute Gasteiger partial charge is 0.321 e. The van der Waals surface area contributed by atoms with Gasteiger partial charge in [0.1, 0.15) is 11.9 Å². The van der Waals surface area contributed by atoms with Crippen LogP contribution in [0.15, 0.2) is 66.7 Å². The number of rotatable bonds is 9. The zero-order valence-electron chi connectivity index (χ0n) is 21.3. The number of nitrogens with zero attached hydrogens (tertiary/aromatic N) is 2. The summed E-state index contributed by atoms with van der Waals surface area (Å²) in [6.07, 6.45) is 0.714. The summed E-state index contributed by atoms with van der Waals surface area (Å²) >= 11 is 12.2. The fraction of sp³-hybridized carbons (Fsp3) is 0.345. The van der Waals surface area contributed by atoms with Crippen LogP contribution in [0.25, 0.3) is 0 Å². The molecule has 0 aliphatic carbocycles. The van der Waals surface area contributed by atoms with E-state index in [4.69, 9.17) is 32.7 Å². The molecule has 0 aromatic heterocycles. The Morgan fingerprint density at radius 1 is 0.919 bits per heavy atom. The van der Waals surface area contributed by atoms with Gasteiger partial charge in [-0.05, 0) is 72.5 Å². The predicted octanol–water partition coefficient (Wildman–Crippen LogP) is 6.66. The van der Waals surface area contributed by atoms with Crippen molar-refractivity contribution in [2.45, 2.75) is 19.4 Å². The van der Waals surface area contributed by atoms with Gasteiger partial charge >= 0.3 is 6.03 Å². The van der Waals surface area contributed by atoms with Crippen molar-refractivity contribution in [2.75, 3.05) is 51.8 Å². The summed E-state index contributed by atoms with van der Waals surface area (Å²) in [5.41, 5.74) is 3.89. The van der Waals surface area contributed by atoms with E-state index in [1.165, 1.54) is 0 Å². The zero-order valence-corrected chi connectivity index (χ0v) is 22.8.